The van der Waals surface area contributed by atoms with Crippen molar-refractivity contribution in [2.45, 2.75) is 58.6 Å². The van der Waals surface area contributed by atoms with Gasteiger partial charge < -0.3 is 4.74 Å². The number of rotatable bonds is 6. The van der Waals surface area contributed by atoms with Gasteiger partial charge in [0.25, 0.3) is 0 Å². The van der Waals surface area contributed by atoms with Gasteiger partial charge in [-0.2, -0.15) is 5.10 Å². The minimum atomic E-state index is 0.215. The molecule has 3 nitrogen and oxygen atoms in total. The lowest BCUT2D eigenvalue weighted by atomic mass is 9.79. The lowest BCUT2D eigenvalue weighted by Gasteiger charge is -2.29. The molecule has 0 aliphatic carbocycles. The third-order valence-corrected chi connectivity index (χ3v) is 5.73. The molecule has 0 spiro atoms. The normalized spacial score (nSPS) is 27.3. The summed E-state index contributed by atoms with van der Waals surface area (Å²) in [4.78, 5) is 0. The SMILES string of the molecule is CCC(CC)n1ccc(CC2(CBr)CCOC2C)n1. The van der Waals surface area contributed by atoms with E-state index in [4.69, 9.17) is 9.84 Å². The van der Waals surface area contributed by atoms with Crippen LogP contribution in [0.1, 0.15) is 51.8 Å². The van der Waals surface area contributed by atoms with Crippen LogP contribution in [-0.4, -0.2) is 27.8 Å². The van der Waals surface area contributed by atoms with Gasteiger partial charge in [-0.15, -0.1) is 0 Å². The van der Waals surface area contributed by atoms with Crippen LogP contribution in [0.4, 0.5) is 0 Å². The Labute approximate surface area is 124 Å². The third-order valence-electron chi connectivity index (χ3n) is 4.61. The van der Waals surface area contributed by atoms with Crippen molar-refractivity contribution in [3.63, 3.8) is 0 Å². The van der Waals surface area contributed by atoms with E-state index in [0.717, 1.165) is 37.6 Å². The minimum absolute atomic E-state index is 0.215. The van der Waals surface area contributed by atoms with Crippen LogP contribution < -0.4 is 0 Å². The molecule has 1 aliphatic heterocycles. The fraction of sp³-hybridized carbons (Fsp3) is 0.800. The molecule has 108 valence electrons. The van der Waals surface area contributed by atoms with Gasteiger partial charge in [-0.1, -0.05) is 29.8 Å². The number of nitrogens with zero attached hydrogens (tertiary/aromatic N) is 2. The molecular formula is C15H25BrN2O. The first kappa shape index (κ1) is 15.0. The first-order chi connectivity index (χ1) is 9.15. The number of alkyl halides is 1. The van der Waals surface area contributed by atoms with E-state index in [1.165, 1.54) is 5.69 Å². The van der Waals surface area contributed by atoms with Gasteiger partial charge in [-0.3, -0.25) is 4.68 Å². The van der Waals surface area contributed by atoms with Gasteiger partial charge in [0, 0.05) is 30.0 Å². The molecule has 0 radical (unpaired) electrons. The molecule has 1 aromatic heterocycles. The first-order valence-corrected chi connectivity index (χ1v) is 8.49. The van der Waals surface area contributed by atoms with Crippen LogP contribution in [0.15, 0.2) is 12.3 Å². The number of aromatic nitrogens is 2. The summed E-state index contributed by atoms with van der Waals surface area (Å²) in [5.74, 6) is 0. The van der Waals surface area contributed by atoms with Gasteiger partial charge in [0.2, 0.25) is 0 Å². The largest absolute Gasteiger partial charge is 0.378 e. The Hall–Kier alpha value is -0.350. The Morgan fingerprint density at radius 3 is 2.79 bits per heavy atom. The molecule has 0 aromatic carbocycles. The van der Waals surface area contributed by atoms with Crippen molar-refractivity contribution >= 4 is 15.9 Å². The van der Waals surface area contributed by atoms with Crippen molar-refractivity contribution in [2.24, 2.45) is 5.41 Å². The molecule has 2 heterocycles. The molecule has 1 aliphatic rings. The predicted molar refractivity (Wildman–Crippen MR) is 81.8 cm³/mol. The van der Waals surface area contributed by atoms with Crippen LogP contribution in [0.25, 0.3) is 0 Å². The highest BCUT2D eigenvalue weighted by molar-refractivity contribution is 9.09. The van der Waals surface area contributed by atoms with E-state index < -0.39 is 0 Å². The smallest absolute Gasteiger partial charge is 0.0631 e. The summed E-state index contributed by atoms with van der Waals surface area (Å²) in [5, 5.41) is 5.77. The highest BCUT2D eigenvalue weighted by Crippen LogP contribution is 2.39. The molecule has 0 amide bonds. The Balaban J connectivity index is 2.11. The molecule has 1 fully saturated rings. The fourth-order valence-electron chi connectivity index (χ4n) is 2.97. The Bertz CT molecular complexity index is 403. The van der Waals surface area contributed by atoms with Crippen molar-refractivity contribution in [3.05, 3.63) is 18.0 Å². The van der Waals surface area contributed by atoms with Gasteiger partial charge in [0.15, 0.2) is 0 Å². The topological polar surface area (TPSA) is 27.1 Å². The van der Waals surface area contributed by atoms with E-state index in [1.807, 2.05) is 0 Å². The first-order valence-electron chi connectivity index (χ1n) is 7.36. The van der Waals surface area contributed by atoms with E-state index in [1.54, 1.807) is 0 Å². The second kappa shape index (κ2) is 6.40. The standard InChI is InChI=1S/C15H25BrN2O/c1-4-14(5-2)18-8-6-13(17-18)10-15(11-16)7-9-19-12(15)3/h6,8,12,14H,4-5,7,9-11H2,1-3H3. The summed E-state index contributed by atoms with van der Waals surface area (Å²) in [7, 11) is 0. The van der Waals surface area contributed by atoms with Gasteiger partial charge in [-0.25, -0.2) is 0 Å². The van der Waals surface area contributed by atoms with Crippen LogP contribution in [0.3, 0.4) is 0 Å². The Kier molecular flexibility index (Phi) is 5.07. The van der Waals surface area contributed by atoms with Crippen molar-refractivity contribution < 1.29 is 4.74 Å². The lowest BCUT2D eigenvalue weighted by molar-refractivity contribution is 0.0741. The molecular weight excluding hydrogens is 304 g/mol. The molecule has 1 saturated heterocycles. The molecule has 2 unspecified atom stereocenters. The maximum atomic E-state index is 5.76. The van der Waals surface area contributed by atoms with E-state index in [9.17, 15) is 0 Å². The van der Waals surface area contributed by atoms with Crippen LogP contribution >= 0.6 is 15.9 Å². The highest BCUT2D eigenvalue weighted by atomic mass is 79.9. The zero-order valence-corrected chi connectivity index (χ0v) is 13.8. The average molecular weight is 329 g/mol. The molecule has 1 aromatic rings. The molecule has 0 N–H and O–H groups in total. The second-order valence-electron chi connectivity index (χ2n) is 5.69. The highest BCUT2D eigenvalue weighted by Gasteiger charge is 2.41. The molecule has 2 rings (SSSR count). The molecule has 0 bridgehead atoms. The van der Waals surface area contributed by atoms with Gasteiger partial charge >= 0.3 is 0 Å². The van der Waals surface area contributed by atoms with E-state index in [2.05, 4.69) is 53.6 Å². The monoisotopic (exact) mass is 328 g/mol. The third kappa shape index (κ3) is 3.05. The van der Waals surface area contributed by atoms with Crippen molar-refractivity contribution in [2.75, 3.05) is 11.9 Å². The van der Waals surface area contributed by atoms with Crippen LogP contribution in [-0.2, 0) is 11.2 Å². The lowest BCUT2D eigenvalue weighted by Crippen LogP contribution is -2.33. The van der Waals surface area contributed by atoms with Crippen LogP contribution in [0, 0.1) is 5.41 Å². The fourth-order valence-corrected chi connectivity index (χ4v) is 3.91. The van der Waals surface area contributed by atoms with Crippen molar-refractivity contribution in [3.8, 4) is 0 Å². The number of ether oxygens (including phenoxy) is 1. The maximum Gasteiger partial charge on any atom is 0.0631 e. The number of hydrogen-bond acceptors (Lipinski definition) is 2. The molecule has 2 atom stereocenters. The van der Waals surface area contributed by atoms with E-state index in [-0.39, 0.29) is 5.41 Å². The van der Waals surface area contributed by atoms with Crippen molar-refractivity contribution in [1.82, 2.24) is 9.78 Å². The number of hydrogen-bond donors (Lipinski definition) is 0. The van der Waals surface area contributed by atoms with Gasteiger partial charge in [0.1, 0.15) is 0 Å². The minimum Gasteiger partial charge on any atom is -0.378 e. The van der Waals surface area contributed by atoms with Gasteiger partial charge in [-0.05, 0) is 32.3 Å². The summed E-state index contributed by atoms with van der Waals surface area (Å²) in [5.41, 5.74) is 1.41. The van der Waals surface area contributed by atoms with Crippen LogP contribution in [0.2, 0.25) is 0 Å². The van der Waals surface area contributed by atoms with E-state index in [0.29, 0.717) is 12.1 Å². The zero-order valence-electron chi connectivity index (χ0n) is 12.2. The quantitative estimate of drug-likeness (QED) is 0.738. The van der Waals surface area contributed by atoms with Crippen molar-refractivity contribution in [1.29, 1.82) is 0 Å². The van der Waals surface area contributed by atoms with Crippen LogP contribution in [0.5, 0.6) is 0 Å². The summed E-state index contributed by atoms with van der Waals surface area (Å²) in [6.45, 7) is 7.51. The Morgan fingerprint density at radius 1 is 1.53 bits per heavy atom. The summed E-state index contributed by atoms with van der Waals surface area (Å²) in [6.07, 6.45) is 6.85. The zero-order chi connectivity index (χ0) is 13.9. The maximum absolute atomic E-state index is 5.76. The number of halogens is 1. The average Bonchev–Trinajstić information content (AvgIpc) is 3.00. The summed E-state index contributed by atoms with van der Waals surface area (Å²) >= 11 is 3.68. The summed E-state index contributed by atoms with van der Waals surface area (Å²) in [6, 6.07) is 2.71. The predicted octanol–water partition coefficient (Wildman–Crippen LogP) is 3.98. The molecule has 4 heteroatoms. The molecule has 0 saturated carbocycles. The summed E-state index contributed by atoms with van der Waals surface area (Å²) < 4.78 is 7.90. The Morgan fingerprint density at radius 2 is 2.26 bits per heavy atom. The van der Waals surface area contributed by atoms with E-state index >= 15 is 0 Å². The van der Waals surface area contributed by atoms with Gasteiger partial charge in [0.05, 0.1) is 17.8 Å². The molecule has 19 heavy (non-hydrogen) atoms. The second-order valence-corrected chi connectivity index (χ2v) is 6.25.